The number of aryl methyl sites for hydroxylation is 1. The highest BCUT2D eigenvalue weighted by molar-refractivity contribution is 7.80. The maximum Gasteiger partial charge on any atom is 0.277 e. The van der Waals surface area contributed by atoms with Crippen molar-refractivity contribution < 1.29 is 14.3 Å². The first kappa shape index (κ1) is 18.7. The SMILES string of the molecule is COc1cc(C)c(/C=C2/C(=O)N(C3CCCCC3)C(=S)N2C)cc1OC. The number of thiocarbonyl (C=S) groups is 1. The van der Waals surface area contributed by atoms with Gasteiger partial charge in [-0.3, -0.25) is 9.69 Å². The number of carbonyl (C=O) groups excluding carboxylic acids is 1. The number of rotatable bonds is 4. The number of hydrogen-bond donors (Lipinski definition) is 0. The van der Waals surface area contributed by atoms with Crippen molar-refractivity contribution in [3.05, 3.63) is 29.0 Å². The zero-order valence-electron chi connectivity index (χ0n) is 15.9. The number of methoxy groups -OCH3 is 2. The number of benzene rings is 1. The lowest BCUT2D eigenvalue weighted by Crippen LogP contribution is -2.41. The molecule has 0 radical (unpaired) electrons. The van der Waals surface area contributed by atoms with Crippen LogP contribution >= 0.6 is 12.2 Å². The lowest BCUT2D eigenvalue weighted by atomic mass is 9.94. The lowest BCUT2D eigenvalue weighted by Gasteiger charge is -2.30. The molecule has 2 fully saturated rings. The highest BCUT2D eigenvalue weighted by Crippen LogP contribution is 2.34. The van der Waals surface area contributed by atoms with Crippen LogP contribution in [0.15, 0.2) is 17.8 Å². The molecule has 1 heterocycles. The van der Waals surface area contributed by atoms with E-state index in [1.165, 1.54) is 6.42 Å². The van der Waals surface area contributed by atoms with E-state index in [-0.39, 0.29) is 11.9 Å². The van der Waals surface area contributed by atoms with Gasteiger partial charge >= 0.3 is 0 Å². The maximum absolute atomic E-state index is 13.1. The molecule has 26 heavy (non-hydrogen) atoms. The van der Waals surface area contributed by atoms with Crippen molar-refractivity contribution >= 4 is 29.3 Å². The summed E-state index contributed by atoms with van der Waals surface area (Å²) >= 11 is 5.58. The van der Waals surface area contributed by atoms with Gasteiger partial charge in [-0.1, -0.05) is 19.3 Å². The molecule has 1 aromatic rings. The molecule has 1 aromatic carbocycles. The number of amides is 1. The zero-order valence-corrected chi connectivity index (χ0v) is 16.7. The first-order valence-electron chi connectivity index (χ1n) is 9.03. The van der Waals surface area contributed by atoms with Crippen LogP contribution in [0.3, 0.4) is 0 Å². The summed E-state index contributed by atoms with van der Waals surface area (Å²) in [6.45, 7) is 1.99. The summed E-state index contributed by atoms with van der Waals surface area (Å²) in [5.41, 5.74) is 2.54. The summed E-state index contributed by atoms with van der Waals surface area (Å²) in [5, 5.41) is 0.603. The lowest BCUT2D eigenvalue weighted by molar-refractivity contribution is -0.124. The van der Waals surface area contributed by atoms with Crippen LogP contribution in [-0.2, 0) is 4.79 Å². The minimum atomic E-state index is -0.00131. The molecule has 3 rings (SSSR count). The van der Waals surface area contributed by atoms with Crippen LogP contribution in [0.25, 0.3) is 6.08 Å². The Hall–Kier alpha value is -2.08. The largest absolute Gasteiger partial charge is 0.493 e. The normalized spacial score (nSPS) is 20.2. The Labute approximate surface area is 160 Å². The second-order valence-corrected chi connectivity index (χ2v) is 7.27. The summed E-state index contributed by atoms with van der Waals surface area (Å²) in [5.74, 6) is 1.32. The van der Waals surface area contributed by atoms with Gasteiger partial charge in [0.15, 0.2) is 16.6 Å². The van der Waals surface area contributed by atoms with Gasteiger partial charge in [0, 0.05) is 13.1 Å². The average Bonchev–Trinajstić information content (AvgIpc) is 2.86. The molecule has 1 saturated carbocycles. The standard InChI is InChI=1S/C20H26N2O3S/c1-13-10-17(24-3)18(25-4)12-14(13)11-16-19(23)22(20(26)21(16)2)15-8-6-5-7-9-15/h10-12,15H,5-9H2,1-4H3/b16-11-. The quantitative estimate of drug-likeness (QED) is 0.593. The Morgan fingerprint density at radius 3 is 2.35 bits per heavy atom. The third-order valence-electron chi connectivity index (χ3n) is 5.30. The van der Waals surface area contributed by atoms with Crippen molar-refractivity contribution in [2.24, 2.45) is 0 Å². The molecule has 0 unspecified atom stereocenters. The molecule has 2 aliphatic rings. The van der Waals surface area contributed by atoms with Gasteiger partial charge in [-0.05, 0) is 61.3 Å². The zero-order chi connectivity index (χ0) is 18.8. The second kappa shape index (κ2) is 7.66. The predicted molar refractivity (Wildman–Crippen MR) is 106 cm³/mol. The summed E-state index contributed by atoms with van der Waals surface area (Å²) in [6, 6.07) is 4.04. The molecule has 140 valence electrons. The molecule has 1 aliphatic carbocycles. The van der Waals surface area contributed by atoms with Gasteiger partial charge in [-0.25, -0.2) is 0 Å². The monoisotopic (exact) mass is 374 g/mol. The average molecular weight is 375 g/mol. The third-order valence-corrected chi connectivity index (χ3v) is 5.77. The number of carbonyl (C=O) groups is 1. The maximum atomic E-state index is 13.1. The smallest absolute Gasteiger partial charge is 0.277 e. The van der Waals surface area contributed by atoms with Gasteiger partial charge in [-0.15, -0.1) is 0 Å². The fourth-order valence-corrected chi connectivity index (χ4v) is 4.07. The first-order valence-corrected chi connectivity index (χ1v) is 9.44. The van der Waals surface area contributed by atoms with E-state index in [1.54, 1.807) is 14.2 Å². The Bertz CT molecular complexity index is 754. The minimum Gasteiger partial charge on any atom is -0.493 e. The number of hydrogen-bond acceptors (Lipinski definition) is 4. The van der Waals surface area contributed by atoms with E-state index >= 15 is 0 Å². The van der Waals surface area contributed by atoms with E-state index in [4.69, 9.17) is 21.7 Å². The van der Waals surface area contributed by atoms with Crippen LogP contribution in [-0.4, -0.2) is 48.1 Å². The van der Waals surface area contributed by atoms with E-state index in [9.17, 15) is 4.79 Å². The molecule has 0 N–H and O–H groups in total. The second-order valence-electron chi connectivity index (χ2n) is 6.90. The fraction of sp³-hybridized carbons (Fsp3) is 0.500. The summed E-state index contributed by atoms with van der Waals surface area (Å²) in [4.78, 5) is 16.7. The van der Waals surface area contributed by atoms with Crippen LogP contribution in [0.4, 0.5) is 0 Å². The van der Waals surface area contributed by atoms with Gasteiger partial charge in [0.1, 0.15) is 5.70 Å². The molecule has 0 spiro atoms. The molecule has 6 heteroatoms. The van der Waals surface area contributed by atoms with E-state index < -0.39 is 0 Å². The van der Waals surface area contributed by atoms with Gasteiger partial charge in [-0.2, -0.15) is 0 Å². The van der Waals surface area contributed by atoms with Crippen molar-refractivity contribution in [3.8, 4) is 11.5 Å². The third kappa shape index (κ3) is 3.30. The molecule has 0 aromatic heterocycles. The van der Waals surface area contributed by atoms with Crippen molar-refractivity contribution in [3.63, 3.8) is 0 Å². The van der Waals surface area contributed by atoms with Crippen molar-refractivity contribution in [2.75, 3.05) is 21.3 Å². The molecule has 0 bridgehead atoms. The van der Waals surface area contributed by atoms with Crippen LogP contribution in [0, 0.1) is 6.92 Å². The highest BCUT2D eigenvalue weighted by atomic mass is 32.1. The Balaban J connectivity index is 1.95. The summed E-state index contributed by atoms with van der Waals surface area (Å²) in [6.07, 6.45) is 7.53. The Morgan fingerprint density at radius 2 is 1.73 bits per heavy atom. The van der Waals surface area contributed by atoms with Crippen LogP contribution in [0.1, 0.15) is 43.2 Å². The Kier molecular flexibility index (Phi) is 5.51. The Morgan fingerprint density at radius 1 is 1.12 bits per heavy atom. The number of likely N-dealkylation sites (N-methyl/N-ethyl adjacent to an activating group) is 1. The van der Waals surface area contributed by atoms with Crippen LogP contribution in [0.5, 0.6) is 11.5 Å². The minimum absolute atomic E-state index is 0.00131. The van der Waals surface area contributed by atoms with E-state index in [0.717, 1.165) is 36.8 Å². The molecule has 5 nitrogen and oxygen atoms in total. The van der Waals surface area contributed by atoms with Crippen LogP contribution < -0.4 is 9.47 Å². The molecule has 1 saturated heterocycles. The van der Waals surface area contributed by atoms with Crippen LogP contribution in [0.2, 0.25) is 0 Å². The van der Waals surface area contributed by atoms with E-state index in [2.05, 4.69) is 0 Å². The van der Waals surface area contributed by atoms with Gasteiger partial charge in [0.2, 0.25) is 0 Å². The molecule has 1 aliphatic heterocycles. The summed E-state index contributed by atoms with van der Waals surface area (Å²) in [7, 11) is 5.09. The topological polar surface area (TPSA) is 42.0 Å². The van der Waals surface area contributed by atoms with Gasteiger partial charge in [0.05, 0.1) is 14.2 Å². The highest BCUT2D eigenvalue weighted by Gasteiger charge is 2.40. The molecular weight excluding hydrogens is 348 g/mol. The number of ether oxygens (including phenoxy) is 2. The van der Waals surface area contributed by atoms with Crippen molar-refractivity contribution in [1.82, 2.24) is 9.80 Å². The van der Waals surface area contributed by atoms with Gasteiger partial charge in [0.25, 0.3) is 5.91 Å². The van der Waals surface area contributed by atoms with Crippen molar-refractivity contribution in [2.45, 2.75) is 45.1 Å². The fourth-order valence-electron chi connectivity index (χ4n) is 3.74. The number of nitrogens with zero attached hydrogens (tertiary/aromatic N) is 2. The molecule has 1 amide bonds. The summed E-state index contributed by atoms with van der Waals surface area (Å²) < 4.78 is 10.7. The van der Waals surface area contributed by atoms with E-state index in [0.29, 0.717) is 22.3 Å². The molecular formula is C20H26N2O3S. The first-order chi connectivity index (χ1) is 12.5. The van der Waals surface area contributed by atoms with Gasteiger partial charge < -0.3 is 14.4 Å². The van der Waals surface area contributed by atoms with Crippen molar-refractivity contribution in [1.29, 1.82) is 0 Å². The predicted octanol–water partition coefficient (Wildman–Crippen LogP) is 3.74. The van der Waals surface area contributed by atoms with E-state index in [1.807, 2.05) is 42.0 Å². The molecule has 0 atom stereocenters.